The number of carbonyl (C=O) groups excluding carboxylic acids is 1. The van der Waals surface area contributed by atoms with Gasteiger partial charge in [-0.05, 0) is 44.5 Å². The Morgan fingerprint density at radius 1 is 1.37 bits per heavy atom. The summed E-state index contributed by atoms with van der Waals surface area (Å²) in [5.74, 6) is 0.137. The Kier molecular flexibility index (Phi) is 3.42. The first-order chi connectivity index (χ1) is 9.25. The number of nitrogens with zero attached hydrogens (tertiary/aromatic N) is 1. The van der Waals surface area contributed by atoms with E-state index in [1.54, 1.807) is 6.92 Å². The predicted molar refractivity (Wildman–Crippen MR) is 77.7 cm³/mol. The van der Waals surface area contributed by atoms with Crippen molar-refractivity contribution in [1.29, 1.82) is 0 Å². The van der Waals surface area contributed by atoms with Crippen LogP contribution in [0.15, 0.2) is 18.2 Å². The highest BCUT2D eigenvalue weighted by atomic mass is 16.2. The molecule has 0 spiro atoms. The topological polar surface area (TPSA) is 44.4 Å². The van der Waals surface area contributed by atoms with Gasteiger partial charge in [-0.3, -0.25) is 4.79 Å². The summed E-state index contributed by atoms with van der Waals surface area (Å²) in [6, 6.07) is 6.80. The highest BCUT2D eigenvalue weighted by Gasteiger charge is 2.25. The summed E-state index contributed by atoms with van der Waals surface area (Å²) >= 11 is 0. The van der Waals surface area contributed by atoms with Crippen molar-refractivity contribution in [3.63, 3.8) is 0 Å². The Bertz CT molecular complexity index is 480. The van der Waals surface area contributed by atoms with Gasteiger partial charge in [-0.25, -0.2) is 0 Å². The smallest absolute Gasteiger partial charge is 0.223 e. The van der Waals surface area contributed by atoms with E-state index in [1.807, 2.05) is 11.0 Å². The monoisotopic (exact) mass is 259 g/mol. The van der Waals surface area contributed by atoms with Gasteiger partial charge in [-0.1, -0.05) is 6.07 Å². The Labute approximate surface area is 114 Å². The Morgan fingerprint density at radius 3 is 2.89 bits per heavy atom. The average molecular weight is 259 g/mol. The number of carbonyl (C=O) groups is 1. The molecule has 2 aliphatic rings. The normalized spacial score (nSPS) is 19.3. The van der Waals surface area contributed by atoms with Gasteiger partial charge in [-0.15, -0.1) is 0 Å². The molecule has 102 valence electrons. The highest BCUT2D eigenvalue weighted by molar-refractivity contribution is 5.95. The zero-order chi connectivity index (χ0) is 13.2. The summed E-state index contributed by atoms with van der Waals surface area (Å²) in [6.07, 6.45) is 3.29. The van der Waals surface area contributed by atoms with E-state index in [0.717, 1.165) is 31.7 Å². The summed E-state index contributed by atoms with van der Waals surface area (Å²) in [7, 11) is 0. The third kappa shape index (κ3) is 2.45. The van der Waals surface area contributed by atoms with Gasteiger partial charge in [0.25, 0.3) is 0 Å². The summed E-state index contributed by atoms with van der Waals surface area (Å²) in [5.41, 5.74) is 3.61. The Balaban J connectivity index is 1.81. The molecule has 2 N–H and O–H groups in total. The summed E-state index contributed by atoms with van der Waals surface area (Å²) in [6.45, 7) is 4.64. The van der Waals surface area contributed by atoms with Gasteiger partial charge >= 0.3 is 0 Å². The molecule has 0 bridgehead atoms. The molecule has 2 aliphatic heterocycles. The lowest BCUT2D eigenvalue weighted by molar-refractivity contribution is -0.116. The number of fused-ring (bicyclic) bond motifs is 1. The molecule has 1 saturated heterocycles. The van der Waals surface area contributed by atoms with Crippen LogP contribution in [0.25, 0.3) is 0 Å². The van der Waals surface area contributed by atoms with Crippen LogP contribution in [0.4, 0.5) is 11.4 Å². The van der Waals surface area contributed by atoms with Gasteiger partial charge in [0.2, 0.25) is 5.91 Å². The maximum absolute atomic E-state index is 11.6. The molecule has 1 aromatic carbocycles. The Morgan fingerprint density at radius 2 is 2.16 bits per heavy atom. The molecule has 3 rings (SSSR count). The minimum Gasteiger partial charge on any atom is -0.382 e. The van der Waals surface area contributed by atoms with Crippen LogP contribution in [0, 0.1) is 0 Å². The molecule has 0 aromatic heterocycles. The quantitative estimate of drug-likeness (QED) is 0.850. The first-order valence-corrected chi connectivity index (χ1v) is 7.13. The van der Waals surface area contributed by atoms with Crippen molar-refractivity contribution in [2.75, 3.05) is 29.9 Å². The van der Waals surface area contributed by atoms with Crippen LogP contribution in [-0.2, 0) is 11.2 Å². The first kappa shape index (κ1) is 12.5. The summed E-state index contributed by atoms with van der Waals surface area (Å²) < 4.78 is 0. The number of amides is 1. The molecule has 0 unspecified atom stereocenters. The molecule has 19 heavy (non-hydrogen) atoms. The van der Waals surface area contributed by atoms with Gasteiger partial charge < -0.3 is 15.5 Å². The molecule has 4 heteroatoms. The molecule has 4 nitrogen and oxygen atoms in total. The number of anilines is 2. The minimum atomic E-state index is 0.137. The lowest BCUT2D eigenvalue weighted by atomic mass is 10.0. The second-order valence-electron chi connectivity index (χ2n) is 5.39. The van der Waals surface area contributed by atoms with Crippen LogP contribution < -0.4 is 15.5 Å². The van der Waals surface area contributed by atoms with E-state index in [0.29, 0.717) is 6.04 Å². The number of hydrogen-bond donors (Lipinski definition) is 2. The van der Waals surface area contributed by atoms with E-state index in [1.165, 1.54) is 24.1 Å². The molecule has 1 aromatic rings. The molecule has 1 amide bonds. The third-order valence-corrected chi connectivity index (χ3v) is 4.11. The largest absolute Gasteiger partial charge is 0.382 e. The van der Waals surface area contributed by atoms with Crippen LogP contribution >= 0.6 is 0 Å². The van der Waals surface area contributed by atoms with Crippen molar-refractivity contribution in [2.24, 2.45) is 0 Å². The SMILES string of the molecule is CC(=O)N1CCc2c(NC3CCNCC3)cccc21. The van der Waals surface area contributed by atoms with Crippen LogP contribution in [0.3, 0.4) is 0 Å². The van der Waals surface area contributed by atoms with Crippen molar-refractivity contribution in [1.82, 2.24) is 5.32 Å². The van der Waals surface area contributed by atoms with Gasteiger partial charge in [0.15, 0.2) is 0 Å². The fourth-order valence-corrected chi connectivity index (χ4v) is 3.08. The Hall–Kier alpha value is -1.55. The highest BCUT2D eigenvalue weighted by Crippen LogP contribution is 2.34. The standard InChI is InChI=1S/C15H21N3O/c1-11(19)18-10-7-13-14(3-2-4-15(13)18)17-12-5-8-16-9-6-12/h2-4,12,16-17H,5-10H2,1H3. The van der Waals surface area contributed by atoms with Crippen LogP contribution in [-0.4, -0.2) is 31.6 Å². The molecular weight excluding hydrogens is 238 g/mol. The van der Waals surface area contributed by atoms with Crippen molar-refractivity contribution in [3.8, 4) is 0 Å². The van der Waals surface area contributed by atoms with Crippen LogP contribution in [0.2, 0.25) is 0 Å². The maximum atomic E-state index is 11.6. The van der Waals surface area contributed by atoms with E-state index in [2.05, 4.69) is 22.8 Å². The number of hydrogen-bond acceptors (Lipinski definition) is 3. The number of piperidine rings is 1. The molecule has 0 radical (unpaired) electrons. The second-order valence-corrected chi connectivity index (χ2v) is 5.39. The van der Waals surface area contributed by atoms with Crippen molar-refractivity contribution in [3.05, 3.63) is 23.8 Å². The zero-order valence-corrected chi connectivity index (χ0v) is 11.4. The van der Waals surface area contributed by atoms with E-state index in [-0.39, 0.29) is 5.91 Å². The van der Waals surface area contributed by atoms with E-state index < -0.39 is 0 Å². The summed E-state index contributed by atoms with van der Waals surface area (Å²) in [5, 5.41) is 7.04. The molecule has 1 fully saturated rings. The summed E-state index contributed by atoms with van der Waals surface area (Å²) in [4.78, 5) is 13.5. The fourth-order valence-electron chi connectivity index (χ4n) is 3.08. The number of benzene rings is 1. The predicted octanol–water partition coefficient (Wildman–Crippen LogP) is 1.76. The lowest BCUT2D eigenvalue weighted by Crippen LogP contribution is -2.35. The zero-order valence-electron chi connectivity index (χ0n) is 11.4. The third-order valence-electron chi connectivity index (χ3n) is 4.11. The van der Waals surface area contributed by atoms with Gasteiger partial charge in [-0.2, -0.15) is 0 Å². The molecule has 0 saturated carbocycles. The van der Waals surface area contributed by atoms with Crippen molar-refractivity contribution in [2.45, 2.75) is 32.2 Å². The van der Waals surface area contributed by atoms with Gasteiger partial charge in [0, 0.05) is 36.4 Å². The first-order valence-electron chi connectivity index (χ1n) is 7.13. The maximum Gasteiger partial charge on any atom is 0.223 e. The molecule has 0 atom stereocenters. The fraction of sp³-hybridized carbons (Fsp3) is 0.533. The second kappa shape index (κ2) is 5.21. The van der Waals surface area contributed by atoms with E-state index in [4.69, 9.17) is 0 Å². The van der Waals surface area contributed by atoms with Crippen LogP contribution in [0.5, 0.6) is 0 Å². The minimum absolute atomic E-state index is 0.137. The average Bonchev–Trinajstić information content (AvgIpc) is 2.85. The van der Waals surface area contributed by atoms with Crippen molar-refractivity contribution < 1.29 is 4.79 Å². The van der Waals surface area contributed by atoms with Crippen molar-refractivity contribution >= 4 is 17.3 Å². The van der Waals surface area contributed by atoms with E-state index in [9.17, 15) is 4.79 Å². The number of rotatable bonds is 2. The van der Waals surface area contributed by atoms with E-state index >= 15 is 0 Å². The molecule has 0 aliphatic carbocycles. The van der Waals surface area contributed by atoms with Gasteiger partial charge in [0.1, 0.15) is 0 Å². The molecular formula is C15H21N3O. The lowest BCUT2D eigenvalue weighted by Gasteiger charge is -2.26. The van der Waals surface area contributed by atoms with Gasteiger partial charge in [0.05, 0.1) is 0 Å². The number of nitrogens with one attached hydrogen (secondary N) is 2. The molecule has 2 heterocycles. The van der Waals surface area contributed by atoms with Crippen LogP contribution in [0.1, 0.15) is 25.3 Å².